The molecule has 7 nitrogen and oxygen atoms in total. The van der Waals surface area contributed by atoms with Gasteiger partial charge in [0.25, 0.3) is 0 Å². The minimum Gasteiger partial charge on any atom is -0.354 e. The van der Waals surface area contributed by atoms with Crippen LogP contribution < -0.4 is 10.6 Å². The Balaban J connectivity index is 2.51. The van der Waals surface area contributed by atoms with Gasteiger partial charge in [0, 0.05) is 33.7 Å². The Morgan fingerprint density at radius 3 is 2.59 bits per heavy atom. The Labute approximate surface area is 132 Å². The quantitative estimate of drug-likeness (QED) is 0.771. The first-order chi connectivity index (χ1) is 10.4. The molecule has 0 aromatic rings. The lowest BCUT2D eigenvalue weighted by Gasteiger charge is -2.34. The molecule has 1 rings (SSSR count). The molecule has 22 heavy (non-hydrogen) atoms. The maximum atomic E-state index is 12.3. The van der Waals surface area contributed by atoms with Crippen LogP contribution in [-0.2, 0) is 9.59 Å². The van der Waals surface area contributed by atoms with Crippen LogP contribution in [-0.4, -0.2) is 67.4 Å². The fourth-order valence-corrected chi connectivity index (χ4v) is 2.45. The van der Waals surface area contributed by atoms with Crippen LogP contribution in [0, 0.1) is 5.92 Å². The van der Waals surface area contributed by atoms with Crippen LogP contribution in [0.4, 0.5) is 4.79 Å². The van der Waals surface area contributed by atoms with Gasteiger partial charge in [0.1, 0.15) is 6.04 Å². The van der Waals surface area contributed by atoms with Crippen LogP contribution in [0.2, 0.25) is 0 Å². The molecule has 2 N–H and O–H groups in total. The SMILES string of the molecule is CCCNC(=O)[C@@H](C)NC(=O)[C@@H]1CCCN(C(=O)N(C)C)C1. The summed E-state index contributed by atoms with van der Waals surface area (Å²) < 4.78 is 0. The molecule has 1 fully saturated rings. The van der Waals surface area contributed by atoms with Crippen molar-refractivity contribution in [2.45, 2.75) is 39.2 Å². The first kappa shape index (κ1) is 18.3. The van der Waals surface area contributed by atoms with Gasteiger partial charge in [-0.05, 0) is 26.2 Å². The van der Waals surface area contributed by atoms with Gasteiger partial charge < -0.3 is 20.4 Å². The second-order valence-corrected chi connectivity index (χ2v) is 5.98. The molecule has 1 aliphatic heterocycles. The number of rotatable bonds is 5. The van der Waals surface area contributed by atoms with Crippen molar-refractivity contribution in [3.05, 3.63) is 0 Å². The standard InChI is InChI=1S/C15H28N4O3/c1-5-8-16-13(20)11(2)17-14(21)12-7-6-9-19(10-12)15(22)18(3)4/h11-12H,5-10H2,1-4H3,(H,16,20)(H,17,21)/t11-,12-/m1/s1. The van der Waals surface area contributed by atoms with Crippen LogP contribution >= 0.6 is 0 Å². The minimum atomic E-state index is -0.557. The summed E-state index contributed by atoms with van der Waals surface area (Å²) in [7, 11) is 3.40. The average Bonchev–Trinajstić information content (AvgIpc) is 2.51. The zero-order valence-corrected chi connectivity index (χ0v) is 14.0. The van der Waals surface area contributed by atoms with Gasteiger partial charge in [-0.2, -0.15) is 0 Å². The maximum absolute atomic E-state index is 12.3. The highest BCUT2D eigenvalue weighted by Gasteiger charge is 2.30. The number of carbonyl (C=O) groups excluding carboxylic acids is 3. The zero-order valence-electron chi connectivity index (χ0n) is 14.0. The molecule has 0 radical (unpaired) electrons. The van der Waals surface area contributed by atoms with Crippen LogP contribution in [0.5, 0.6) is 0 Å². The van der Waals surface area contributed by atoms with E-state index in [1.807, 2.05) is 6.92 Å². The van der Waals surface area contributed by atoms with Crippen LogP contribution in [0.15, 0.2) is 0 Å². The summed E-state index contributed by atoms with van der Waals surface area (Å²) in [6.07, 6.45) is 2.40. The third-order valence-corrected chi connectivity index (χ3v) is 3.75. The van der Waals surface area contributed by atoms with Crippen molar-refractivity contribution in [1.29, 1.82) is 0 Å². The van der Waals surface area contributed by atoms with Gasteiger partial charge in [0.05, 0.1) is 5.92 Å². The second-order valence-electron chi connectivity index (χ2n) is 5.98. The van der Waals surface area contributed by atoms with Crippen molar-refractivity contribution in [3.63, 3.8) is 0 Å². The molecule has 7 heteroatoms. The molecular formula is C15H28N4O3. The summed E-state index contributed by atoms with van der Waals surface area (Å²) in [5, 5.41) is 5.50. The average molecular weight is 312 g/mol. The molecule has 0 bridgehead atoms. The fraction of sp³-hybridized carbons (Fsp3) is 0.800. The lowest BCUT2D eigenvalue weighted by molar-refractivity contribution is -0.131. The molecule has 126 valence electrons. The summed E-state index contributed by atoms with van der Waals surface area (Å²) in [5.41, 5.74) is 0. The van der Waals surface area contributed by atoms with Gasteiger partial charge in [-0.3, -0.25) is 9.59 Å². The molecule has 2 atom stereocenters. The Kier molecular flexibility index (Phi) is 7.14. The highest BCUT2D eigenvalue weighted by molar-refractivity contribution is 5.88. The molecule has 0 aromatic carbocycles. The van der Waals surface area contributed by atoms with E-state index < -0.39 is 6.04 Å². The molecule has 1 heterocycles. The molecule has 0 unspecified atom stereocenters. The predicted octanol–water partition coefficient (Wildman–Crippen LogP) is 0.411. The topological polar surface area (TPSA) is 81.8 Å². The van der Waals surface area contributed by atoms with Gasteiger partial charge in [-0.25, -0.2) is 4.79 Å². The first-order valence-electron chi connectivity index (χ1n) is 7.91. The van der Waals surface area contributed by atoms with Crippen molar-refractivity contribution >= 4 is 17.8 Å². The van der Waals surface area contributed by atoms with Crippen molar-refractivity contribution in [3.8, 4) is 0 Å². The summed E-state index contributed by atoms with van der Waals surface area (Å²) in [4.78, 5) is 39.2. The predicted molar refractivity (Wildman–Crippen MR) is 84.3 cm³/mol. The molecule has 4 amide bonds. The van der Waals surface area contributed by atoms with E-state index in [1.165, 1.54) is 4.90 Å². The van der Waals surface area contributed by atoms with Crippen molar-refractivity contribution in [2.75, 3.05) is 33.7 Å². The van der Waals surface area contributed by atoms with E-state index in [-0.39, 0.29) is 23.8 Å². The normalized spacial score (nSPS) is 19.3. The number of hydrogen-bond acceptors (Lipinski definition) is 3. The second kappa shape index (κ2) is 8.60. The Bertz CT molecular complexity index is 412. The zero-order chi connectivity index (χ0) is 16.7. The highest BCUT2D eigenvalue weighted by Crippen LogP contribution is 2.17. The summed E-state index contributed by atoms with van der Waals surface area (Å²) in [6, 6.07) is -0.634. The fourth-order valence-electron chi connectivity index (χ4n) is 2.45. The molecule has 1 aliphatic rings. The maximum Gasteiger partial charge on any atom is 0.319 e. The lowest BCUT2D eigenvalue weighted by atomic mass is 9.97. The van der Waals surface area contributed by atoms with Crippen LogP contribution in [0.25, 0.3) is 0 Å². The Hall–Kier alpha value is -1.79. The monoisotopic (exact) mass is 312 g/mol. The van der Waals surface area contributed by atoms with Crippen molar-refractivity contribution in [1.82, 2.24) is 20.4 Å². The highest BCUT2D eigenvalue weighted by atomic mass is 16.2. The number of nitrogens with zero attached hydrogens (tertiary/aromatic N) is 2. The van der Waals surface area contributed by atoms with E-state index in [9.17, 15) is 14.4 Å². The molecule has 0 spiro atoms. The lowest BCUT2D eigenvalue weighted by Crippen LogP contribution is -2.52. The van der Waals surface area contributed by atoms with Gasteiger partial charge in [0.2, 0.25) is 11.8 Å². The van der Waals surface area contributed by atoms with Crippen molar-refractivity contribution in [2.24, 2.45) is 5.92 Å². The van der Waals surface area contributed by atoms with Crippen LogP contribution in [0.1, 0.15) is 33.1 Å². The third-order valence-electron chi connectivity index (χ3n) is 3.75. The summed E-state index contributed by atoms with van der Waals surface area (Å²) >= 11 is 0. The number of nitrogens with one attached hydrogen (secondary N) is 2. The molecule has 0 saturated carbocycles. The summed E-state index contributed by atoms with van der Waals surface area (Å²) in [5.74, 6) is -0.582. The van der Waals surface area contributed by atoms with Crippen molar-refractivity contribution < 1.29 is 14.4 Å². The molecule has 0 aromatic heterocycles. The number of piperidine rings is 1. The number of carbonyl (C=O) groups is 3. The van der Waals surface area contributed by atoms with E-state index in [4.69, 9.17) is 0 Å². The van der Waals surface area contributed by atoms with E-state index in [2.05, 4.69) is 10.6 Å². The van der Waals surface area contributed by atoms with Gasteiger partial charge in [-0.15, -0.1) is 0 Å². The molecular weight excluding hydrogens is 284 g/mol. The number of urea groups is 1. The molecule has 0 aliphatic carbocycles. The van der Waals surface area contributed by atoms with Crippen LogP contribution in [0.3, 0.4) is 0 Å². The van der Waals surface area contributed by atoms with E-state index in [1.54, 1.807) is 25.9 Å². The largest absolute Gasteiger partial charge is 0.354 e. The van der Waals surface area contributed by atoms with E-state index >= 15 is 0 Å². The number of amides is 4. The summed E-state index contributed by atoms with van der Waals surface area (Å²) in [6.45, 7) is 5.34. The minimum absolute atomic E-state index is 0.0776. The smallest absolute Gasteiger partial charge is 0.319 e. The van der Waals surface area contributed by atoms with Gasteiger partial charge >= 0.3 is 6.03 Å². The van der Waals surface area contributed by atoms with Gasteiger partial charge in [0.15, 0.2) is 0 Å². The van der Waals surface area contributed by atoms with Gasteiger partial charge in [-0.1, -0.05) is 6.92 Å². The number of likely N-dealkylation sites (tertiary alicyclic amines) is 1. The Morgan fingerprint density at radius 1 is 1.32 bits per heavy atom. The number of hydrogen-bond donors (Lipinski definition) is 2. The first-order valence-corrected chi connectivity index (χ1v) is 7.91. The van der Waals surface area contributed by atoms with E-state index in [0.29, 0.717) is 19.6 Å². The Morgan fingerprint density at radius 2 is 2.00 bits per heavy atom. The molecule has 1 saturated heterocycles. The third kappa shape index (κ3) is 5.20. The van der Waals surface area contributed by atoms with E-state index in [0.717, 1.165) is 19.3 Å².